The summed E-state index contributed by atoms with van der Waals surface area (Å²) >= 11 is 0. The number of rotatable bonds is 2. The molecule has 0 aliphatic rings. The second-order valence-electron chi connectivity index (χ2n) is 3.20. The van der Waals surface area contributed by atoms with Crippen LogP contribution in [0.1, 0.15) is 5.56 Å². The lowest BCUT2D eigenvalue weighted by Crippen LogP contribution is -1.90. The second kappa shape index (κ2) is 3.25. The van der Waals surface area contributed by atoms with E-state index in [0.717, 1.165) is 17.0 Å². The highest BCUT2D eigenvalue weighted by Gasteiger charge is 2.10. The minimum atomic E-state index is 0.752. The number of methoxy groups -OCH3 is 2. The van der Waals surface area contributed by atoms with E-state index in [1.165, 1.54) is 10.9 Å². The lowest BCUT2D eigenvalue weighted by molar-refractivity contribution is 0.358. The highest BCUT2D eigenvalue weighted by molar-refractivity contribution is 5.90. The van der Waals surface area contributed by atoms with Crippen molar-refractivity contribution in [3.8, 4) is 11.5 Å². The summed E-state index contributed by atoms with van der Waals surface area (Å²) in [6, 6.07) is 3.95. The highest BCUT2D eigenvalue weighted by Crippen LogP contribution is 2.35. The van der Waals surface area contributed by atoms with Crippen molar-refractivity contribution < 1.29 is 9.47 Å². The van der Waals surface area contributed by atoms with E-state index >= 15 is 0 Å². The molecular formula is C11H13NO2. The Morgan fingerprint density at radius 2 is 1.93 bits per heavy atom. The van der Waals surface area contributed by atoms with Crippen LogP contribution in [-0.2, 0) is 0 Å². The summed E-state index contributed by atoms with van der Waals surface area (Å²) in [7, 11) is 3.28. The van der Waals surface area contributed by atoms with Crippen molar-refractivity contribution in [2.24, 2.45) is 0 Å². The lowest BCUT2D eigenvalue weighted by atomic mass is 10.2. The van der Waals surface area contributed by atoms with Crippen LogP contribution in [0.5, 0.6) is 11.5 Å². The standard InChI is InChI=1S/C11H13NO2/c1-7-6-12-10-8(7)4-5-9(13-2)11(10)14-3/h4-6,12H,1-3H3. The Hall–Kier alpha value is -1.64. The van der Waals surface area contributed by atoms with Crippen molar-refractivity contribution in [3.05, 3.63) is 23.9 Å². The molecule has 1 aromatic carbocycles. The minimum absolute atomic E-state index is 0.752. The molecule has 14 heavy (non-hydrogen) atoms. The van der Waals surface area contributed by atoms with Gasteiger partial charge in [0.15, 0.2) is 11.5 Å². The maximum atomic E-state index is 5.31. The van der Waals surface area contributed by atoms with E-state index in [4.69, 9.17) is 9.47 Å². The van der Waals surface area contributed by atoms with Crippen LogP contribution in [0.3, 0.4) is 0 Å². The van der Waals surface area contributed by atoms with Gasteiger partial charge < -0.3 is 14.5 Å². The molecule has 3 nitrogen and oxygen atoms in total. The third kappa shape index (κ3) is 1.13. The van der Waals surface area contributed by atoms with Gasteiger partial charge in [-0.15, -0.1) is 0 Å². The molecule has 3 heteroatoms. The topological polar surface area (TPSA) is 34.2 Å². The first-order valence-corrected chi connectivity index (χ1v) is 4.46. The molecule has 0 aliphatic heterocycles. The minimum Gasteiger partial charge on any atom is -0.493 e. The van der Waals surface area contributed by atoms with E-state index in [1.807, 2.05) is 18.3 Å². The zero-order valence-corrected chi connectivity index (χ0v) is 8.55. The average molecular weight is 191 g/mol. The second-order valence-corrected chi connectivity index (χ2v) is 3.20. The predicted octanol–water partition coefficient (Wildman–Crippen LogP) is 2.49. The van der Waals surface area contributed by atoms with Gasteiger partial charge in [0.1, 0.15) is 0 Å². The zero-order chi connectivity index (χ0) is 10.1. The fourth-order valence-corrected chi connectivity index (χ4v) is 1.66. The number of hydrogen-bond donors (Lipinski definition) is 1. The molecule has 0 atom stereocenters. The molecule has 1 aromatic heterocycles. The Kier molecular flexibility index (Phi) is 2.08. The zero-order valence-electron chi connectivity index (χ0n) is 8.55. The SMILES string of the molecule is COc1ccc2c(C)c[nH]c2c1OC. The van der Waals surface area contributed by atoms with Crippen molar-refractivity contribution in [1.82, 2.24) is 4.98 Å². The van der Waals surface area contributed by atoms with E-state index in [1.54, 1.807) is 14.2 Å². The number of aromatic amines is 1. The van der Waals surface area contributed by atoms with Crippen LogP contribution in [0.2, 0.25) is 0 Å². The van der Waals surface area contributed by atoms with Crippen LogP contribution in [-0.4, -0.2) is 19.2 Å². The van der Waals surface area contributed by atoms with Gasteiger partial charge in [0.2, 0.25) is 0 Å². The summed E-state index contributed by atoms with van der Waals surface area (Å²) in [5, 5.41) is 1.17. The first kappa shape index (κ1) is 8.94. The number of H-pyrrole nitrogens is 1. The number of aromatic nitrogens is 1. The summed E-state index contributed by atoms with van der Waals surface area (Å²) in [5.41, 5.74) is 2.20. The van der Waals surface area contributed by atoms with Crippen molar-refractivity contribution in [3.63, 3.8) is 0 Å². The van der Waals surface area contributed by atoms with Gasteiger partial charge in [0.25, 0.3) is 0 Å². The van der Waals surface area contributed by atoms with Crippen LogP contribution in [0, 0.1) is 6.92 Å². The monoisotopic (exact) mass is 191 g/mol. The Morgan fingerprint density at radius 1 is 1.14 bits per heavy atom. The normalized spacial score (nSPS) is 10.5. The lowest BCUT2D eigenvalue weighted by Gasteiger charge is -2.07. The fourth-order valence-electron chi connectivity index (χ4n) is 1.66. The fraction of sp³-hybridized carbons (Fsp3) is 0.273. The molecule has 0 spiro atoms. The molecule has 0 radical (unpaired) electrons. The van der Waals surface area contributed by atoms with Crippen molar-refractivity contribution in [2.45, 2.75) is 6.92 Å². The van der Waals surface area contributed by atoms with Gasteiger partial charge in [0.05, 0.1) is 19.7 Å². The number of ether oxygens (including phenoxy) is 2. The molecule has 74 valence electrons. The number of fused-ring (bicyclic) bond motifs is 1. The molecule has 2 aromatic rings. The molecule has 1 heterocycles. The molecule has 0 fully saturated rings. The number of aryl methyl sites for hydroxylation is 1. The Balaban J connectivity index is 2.77. The Labute approximate surface area is 82.6 Å². The van der Waals surface area contributed by atoms with Gasteiger partial charge in [-0.25, -0.2) is 0 Å². The third-order valence-electron chi connectivity index (χ3n) is 2.40. The number of hydrogen-bond acceptors (Lipinski definition) is 2. The molecule has 2 rings (SSSR count). The molecule has 0 aliphatic carbocycles. The predicted molar refractivity (Wildman–Crippen MR) is 56.1 cm³/mol. The van der Waals surface area contributed by atoms with Crippen molar-refractivity contribution in [1.29, 1.82) is 0 Å². The van der Waals surface area contributed by atoms with Crippen LogP contribution in [0.25, 0.3) is 10.9 Å². The van der Waals surface area contributed by atoms with Crippen molar-refractivity contribution >= 4 is 10.9 Å². The molecule has 0 amide bonds. The van der Waals surface area contributed by atoms with Crippen LogP contribution >= 0.6 is 0 Å². The van der Waals surface area contributed by atoms with E-state index in [-0.39, 0.29) is 0 Å². The highest BCUT2D eigenvalue weighted by atomic mass is 16.5. The van der Waals surface area contributed by atoms with Gasteiger partial charge in [-0.3, -0.25) is 0 Å². The van der Waals surface area contributed by atoms with Gasteiger partial charge >= 0.3 is 0 Å². The molecule has 0 saturated heterocycles. The van der Waals surface area contributed by atoms with Crippen LogP contribution in [0.4, 0.5) is 0 Å². The van der Waals surface area contributed by atoms with Gasteiger partial charge in [-0.1, -0.05) is 0 Å². The molecule has 0 bridgehead atoms. The third-order valence-corrected chi connectivity index (χ3v) is 2.40. The maximum Gasteiger partial charge on any atom is 0.184 e. The maximum absolute atomic E-state index is 5.31. The van der Waals surface area contributed by atoms with E-state index in [2.05, 4.69) is 11.9 Å². The first-order chi connectivity index (χ1) is 6.77. The van der Waals surface area contributed by atoms with Crippen LogP contribution in [0.15, 0.2) is 18.3 Å². The summed E-state index contributed by atoms with van der Waals surface area (Å²) in [6.07, 6.45) is 1.96. The number of benzene rings is 1. The van der Waals surface area contributed by atoms with Gasteiger partial charge in [-0.2, -0.15) is 0 Å². The molecule has 0 saturated carbocycles. The summed E-state index contributed by atoms with van der Waals surface area (Å²) < 4.78 is 10.5. The summed E-state index contributed by atoms with van der Waals surface area (Å²) in [6.45, 7) is 2.06. The largest absolute Gasteiger partial charge is 0.493 e. The summed E-state index contributed by atoms with van der Waals surface area (Å²) in [5.74, 6) is 1.51. The molecule has 1 N–H and O–H groups in total. The van der Waals surface area contributed by atoms with E-state index in [9.17, 15) is 0 Å². The van der Waals surface area contributed by atoms with E-state index < -0.39 is 0 Å². The van der Waals surface area contributed by atoms with Crippen LogP contribution < -0.4 is 9.47 Å². The van der Waals surface area contributed by atoms with E-state index in [0.29, 0.717) is 0 Å². The Bertz CT molecular complexity index is 460. The average Bonchev–Trinajstić information content (AvgIpc) is 2.59. The first-order valence-electron chi connectivity index (χ1n) is 4.46. The van der Waals surface area contributed by atoms with Gasteiger partial charge in [0, 0.05) is 11.6 Å². The summed E-state index contributed by atoms with van der Waals surface area (Å²) in [4.78, 5) is 3.18. The quantitative estimate of drug-likeness (QED) is 0.791. The molecular weight excluding hydrogens is 178 g/mol. The molecule has 0 unspecified atom stereocenters. The Morgan fingerprint density at radius 3 is 2.57 bits per heavy atom. The van der Waals surface area contributed by atoms with Crippen molar-refractivity contribution in [2.75, 3.05) is 14.2 Å². The van der Waals surface area contributed by atoms with Gasteiger partial charge in [-0.05, 0) is 24.6 Å². The number of nitrogens with one attached hydrogen (secondary N) is 1. The smallest absolute Gasteiger partial charge is 0.184 e.